The van der Waals surface area contributed by atoms with E-state index >= 15 is 0 Å². The number of imidazole rings is 1. The normalized spacial score (nSPS) is 12.4. The number of amides is 1. The fraction of sp³-hybridized carbons (Fsp3) is 0.273. The number of anilines is 1. The van der Waals surface area contributed by atoms with Gasteiger partial charge in [0.1, 0.15) is 6.20 Å². The summed E-state index contributed by atoms with van der Waals surface area (Å²) in [5.74, 6) is 1.26. The van der Waals surface area contributed by atoms with E-state index in [1.807, 2.05) is 38.1 Å². The summed E-state index contributed by atoms with van der Waals surface area (Å²) in [5.41, 5.74) is 5.51. The van der Waals surface area contributed by atoms with Gasteiger partial charge in [0, 0.05) is 11.3 Å². The maximum atomic E-state index is 12.7. The summed E-state index contributed by atoms with van der Waals surface area (Å²) in [5, 5.41) is 3.10. The molecule has 1 aliphatic rings. The molecular formula is C22H24ClN3O. The minimum Gasteiger partial charge on any atom is -1.00 e. The molecule has 0 spiro atoms. The number of fused-ring (bicyclic) bond motifs is 1. The van der Waals surface area contributed by atoms with Crippen molar-refractivity contribution in [1.29, 1.82) is 0 Å². The summed E-state index contributed by atoms with van der Waals surface area (Å²) in [6, 6.07) is 16.5. The molecule has 5 heteroatoms. The second kappa shape index (κ2) is 7.97. The molecule has 0 radical (unpaired) electrons. The molecule has 0 atom stereocenters. The topological polar surface area (TPSA) is 37.9 Å². The number of halogens is 1. The summed E-state index contributed by atoms with van der Waals surface area (Å²) in [6.45, 7) is 5.42. The second-order valence-electron chi connectivity index (χ2n) is 6.99. The van der Waals surface area contributed by atoms with E-state index in [1.165, 1.54) is 17.1 Å². The smallest absolute Gasteiger partial charge is 0.266 e. The standard InChI is InChI=1S/C22H23N3O.ClH/c1-16-8-6-9-17(2)22(16)23-20(26)15-24-14-19(18-10-4-3-5-11-18)25-13-7-12-21(24)25;/h3-6,8-11,14H,7,12-13,15H2,1-2H3;1H. The molecule has 140 valence electrons. The number of carbonyl (C=O) groups excluding carboxylic acids is 1. The summed E-state index contributed by atoms with van der Waals surface area (Å²) < 4.78 is 4.46. The van der Waals surface area contributed by atoms with E-state index < -0.39 is 0 Å². The van der Waals surface area contributed by atoms with Gasteiger partial charge >= 0.3 is 0 Å². The van der Waals surface area contributed by atoms with Gasteiger partial charge < -0.3 is 17.7 Å². The molecule has 0 aliphatic carbocycles. The molecule has 1 aliphatic heterocycles. The van der Waals surface area contributed by atoms with E-state index in [-0.39, 0.29) is 18.3 Å². The molecule has 4 nitrogen and oxygen atoms in total. The van der Waals surface area contributed by atoms with Gasteiger partial charge in [0.15, 0.2) is 12.2 Å². The van der Waals surface area contributed by atoms with Crippen LogP contribution in [0.2, 0.25) is 0 Å². The lowest BCUT2D eigenvalue weighted by molar-refractivity contribution is -0.690. The van der Waals surface area contributed by atoms with Crippen LogP contribution in [0.1, 0.15) is 23.4 Å². The first-order valence-corrected chi connectivity index (χ1v) is 9.17. The third-order valence-corrected chi connectivity index (χ3v) is 5.12. The van der Waals surface area contributed by atoms with Crippen LogP contribution in [0.25, 0.3) is 11.3 Å². The quantitative estimate of drug-likeness (QED) is 0.662. The van der Waals surface area contributed by atoms with E-state index in [0.717, 1.165) is 36.2 Å². The van der Waals surface area contributed by atoms with Crippen molar-refractivity contribution in [1.82, 2.24) is 4.57 Å². The van der Waals surface area contributed by atoms with Crippen molar-refractivity contribution >= 4 is 11.6 Å². The van der Waals surface area contributed by atoms with Crippen molar-refractivity contribution in [2.75, 3.05) is 5.32 Å². The fourth-order valence-corrected chi connectivity index (χ4v) is 3.83. The predicted octanol–water partition coefficient (Wildman–Crippen LogP) is 0.648. The molecule has 1 aromatic heterocycles. The highest BCUT2D eigenvalue weighted by molar-refractivity contribution is 5.91. The summed E-state index contributed by atoms with van der Waals surface area (Å²) >= 11 is 0. The third-order valence-electron chi connectivity index (χ3n) is 5.12. The number of hydrogen-bond acceptors (Lipinski definition) is 1. The van der Waals surface area contributed by atoms with Gasteiger partial charge in [-0.15, -0.1) is 0 Å². The van der Waals surface area contributed by atoms with Crippen LogP contribution in [0.3, 0.4) is 0 Å². The van der Waals surface area contributed by atoms with Crippen LogP contribution in [0.5, 0.6) is 0 Å². The number of nitrogens with one attached hydrogen (secondary N) is 1. The average Bonchev–Trinajstić information content (AvgIpc) is 3.23. The molecule has 0 fully saturated rings. The lowest BCUT2D eigenvalue weighted by Gasteiger charge is -2.10. The van der Waals surface area contributed by atoms with Crippen LogP contribution in [-0.4, -0.2) is 10.5 Å². The maximum absolute atomic E-state index is 12.7. The lowest BCUT2D eigenvalue weighted by Crippen LogP contribution is -3.00. The Bertz CT molecular complexity index is 943. The van der Waals surface area contributed by atoms with E-state index in [9.17, 15) is 4.79 Å². The van der Waals surface area contributed by atoms with Gasteiger partial charge in [0.05, 0.1) is 13.0 Å². The molecule has 3 aromatic rings. The largest absolute Gasteiger partial charge is 1.00 e. The highest BCUT2D eigenvalue weighted by Gasteiger charge is 2.29. The van der Waals surface area contributed by atoms with Crippen LogP contribution < -0.4 is 22.3 Å². The predicted molar refractivity (Wildman–Crippen MR) is 103 cm³/mol. The van der Waals surface area contributed by atoms with Crippen LogP contribution in [-0.2, 0) is 24.3 Å². The molecule has 0 saturated carbocycles. The van der Waals surface area contributed by atoms with E-state index in [0.29, 0.717) is 6.54 Å². The highest BCUT2D eigenvalue weighted by Crippen LogP contribution is 2.24. The third kappa shape index (κ3) is 3.76. The average molecular weight is 382 g/mol. The molecule has 0 unspecified atom stereocenters. The number of aromatic nitrogens is 2. The Labute approximate surface area is 166 Å². The molecule has 2 heterocycles. The monoisotopic (exact) mass is 381 g/mol. The number of para-hydroxylation sites is 1. The Morgan fingerprint density at radius 1 is 1.07 bits per heavy atom. The van der Waals surface area contributed by atoms with Crippen molar-refractivity contribution < 1.29 is 21.8 Å². The van der Waals surface area contributed by atoms with E-state index in [1.54, 1.807) is 0 Å². The zero-order valence-electron chi connectivity index (χ0n) is 15.7. The van der Waals surface area contributed by atoms with E-state index in [4.69, 9.17) is 0 Å². The zero-order valence-corrected chi connectivity index (χ0v) is 16.5. The number of carbonyl (C=O) groups is 1. The number of hydrogen-bond donors (Lipinski definition) is 1. The second-order valence-corrected chi connectivity index (χ2v) is 6.99. The number of nitrogens with zero attached hydrogens (tertiary/aromatic N) is 2. The Hall–Kier alpha value is -2.59. The van der Waals surface area contributed by atoms with Gasteiger partial charge in [0.2, 0.25) is 0 Å². The first-order valence-electron chi connectivity index (χ1n) is 9.17. The maximum Gasteiger partial charge on any atom is 0.266 e. The van der Waals surface area contributed by atoms with Crippen LogP contribution in [0.15, 0.2) is 54.7 Å². The van der Waals surface area contributed by atoms with Gasteiger partial charge in [-0.25, -0.2) is 9.13 Å². The SMILES string of the molecule is Cc1cccc(C)c1NC(=O)C[n+]1cc(-c2ccccc2)n2c1CCC2.[Cl-]. The number of aryl methyl sites for hydroxylation is 2. The molecular weight excluding hydrogens is 358 g/mol. The van der Waals surface area contributed by atoms with Crippen molar-refractivity contribution in [2.24, 2.45) is 0 Å². The molecule has 4 rings (SSSR count). The Morgan fingerprint density at radius 2 is 1.78 bits per heavy atom. The van der Waals surface area contributed by atoms with Gasteiger partial charge in [-0.2, -0.15) is 0 Å². The van der Waals surface area contributed by atoms with Crippen LogP contribution in [0.4, 0.5) is 5.69 Å². The van der Waals surface area contributed by atoms with Crippen molar-refractivity contribution in [2.45, 2.75) is 39.8 Å². The summed E-state index contributed by atoms with van der Waals surface area (Å²) in [7, 11) is 0. The zero-order chi connectivity index (χ0) is 18.1. The Kier molecular flexibility index (Phi) is 5.66. The van der Waals surface area contributed by atoms with Crippen LogP contribution in [0, 0.1) is 13.8 Å². The first-order chi connectivity index (χ1) is 12.6. The van der Waals surface area contributed by atoms with Crippen LogP contribution >= 0.6 is 0 Å². The molecule has 27 heavy (non-hydrogen) atoms. The minimum atomic E-state index is 0. The minimum absolute atomic E-state index is 0. The Balaban J connectivity index is 0.00000210. The first kappa shape index (κ1) is 19.2. The Morgan fingerprint density at radius 3 is 2.48 bits per heavy atom. The fourth-order valence-electron chi connectivity index (χ4n) is 3.83. The highest BCUT2D eigenvalue weighted by atomic mass is 35.5. The molecule has 0 saturated heterocycles. The summed E-state index contributed by atoms with van der Waals surface area (Å²) in [4.78, 5) is 12.7. The molecule has 2 aromatic carbocycles. The van der Waals surface area contributed by atoms with Gasteiger partial charge in [-0.05, 0) is 31.4 Å². The lowest BCUT2D eigenvalue weighted by atomic mass is 10.1. The molecule has 1 amide bonds. The number of benzene rings is 2. The van der Waals surface area contributed by atoms with Gasteiger partial charge in [-0.1, -0.05) is 48.5 Å². The van der Waals surface area contributed by atoms with Crippen molar-refractivity contribution in [3.63, 3.8) is 0 Å². The molecule has 0 bridgehead atoms. The van der Waals surface area contributed by atoms with E-state index in [2.05, 4.69) is 44.9 Å². The van der Waals surface area contributed by atoms with Crippen molar-refractivity contribution in [3.8, 4) is 11.3 Å². The number of rotatable bonds is 4. The summed E-state index contributed by atoms with van der Waals surface area (Å²) in [6.07, 6.45) is 4.27. The van der Waals surface area contributed by atoms with Gasteiger partial charge in [-0.3, -0.25) is 4.79 Å². The van der Waals surface area contributed by atoms with Crippen molar-refractivity contribution in [3.05, 3.63) is 71.7 Å². The molecule has 1 N–H and O–H groups in total. The van der Waals surface area contributed by atoms with Gasteiger partial charge in [0.25, 0.3) is 11.7 Å².